The number of nitrogens with zero attached hydrogens (tertiary/aromatic N) is 4. The van der Waals surface area contributed by atoms with Crippen LogP contribution in [-0.4, -0.2) is 72.9 Å². The highest BCUT2D eigenvalue weighted by Gasteiger charge is 2.50. The van der Waals surface area contributed by atoms with Crippen LogP contribution in [0.3, 0.4) is 0 Å². The fourth-order valence-electron chi connectivity index (χ4n) is 5.65. The van der Waals surface area contributed by atoms with Gasteiger partial charge in [-0.2, -0.15) is 0 Å². The molecule has 2 fully saturated rings. The molecule has 1 amide bonds. The van der Waals surface area contributed by atoms with E-state index in [0.29, 0.717) is 32.5 Å². The van der Waals surface area contributed by atoms with E-state index in [1.54, 1.807) is 17.8 Å². The van der Waals surface area contributed by atoms with Crippen molar-refractivity contribution in [2.75, 3.05) is 31.1 Å². The molecule has 4 atom stereocenters. The first-order valence-electron chi connectivity index (χ1n) is 12.7. The van der Waals surface area contributed by atoms with Crippen LogP contribution in [0.5, 0.6) is 0 Å². The maximum atomic E-state index is 15.4. The second-order valence-corrected chi connectivity index (χ2v) is 14.1. The summed E-state index contributed by atoms with van der Waals surface area (Å²) in [4.78, 5) is 14.1. The Labute approximate surface area is 208 Å². The molecule has 2 N–H and O–H groups in total. The van der Waals surface area contributed by atoms with E-state index in [2.05, 4.69) is 34.7 Å². The van der Waals surface area contributed by atoms with E-state index in [1.165, 1.54) is 5.56 Å². The van der Waals surface area contributed by atoms with Crippen molar-refractivity contribution in [1.29, 1.82) is 0 Å². The van der Waals surface area contributed by atoms with E-state index in [0.717, 1.165) is 30.8 Å². The highest BCUT2D eigenvalue weighted by molar-refractivity contribution is 6.72. The Morgan fingerprint density at radius 3 is 2.83 bits per heavy atom. The highest BCUT2D eigenvalue weighted by atomic mass is 28.4. The lowest BCUT2D eigenvalue weighted by Crippen LogP contribution is -2.48. The fourth-order valence-corrected chi connectivity index (χ4v) is 8.25. The second-order valence-electron chi connectivity index (χ2n) is 10.3. The zero-order chi connectivity index (χ0) is 25.0. The molecule has 35 heavy (non-hydrogen) atoms. The van der Waals surface area contributed by atoms with Crippen molar-refractivity contribution in [3.8, 4) is 0 Å². The van der Waals surface area contributed by atoms with E-state index in [9.17, 15) is 4.79 Å². The lowest BCUT2D eigenvalue weighted by Gasteiger charge is -2.28. The highest BCUT2D eigenvalue weighted by Crippen LogP contribution is 2.47. The minimum absolute atomic E-state index is 0.00213. The molecule has 0 saturated carbocycles. The van der Waals surface area contributed by atoms with Crippen LogP contribution >= 0.6 is 0 Å². The predicted octanol–water partition coefficient (Wildman–Crippen LogP) is 2.72. The SMILES string of the molecule is C[C@H]1[C@H]([Si](C)(C)F)[C@@H](CCn2cc(CCO)nn2)O[C@H]1CCc1cccc(N2CCNCC2=O)c1. The molecular weight excluding hydrogens is 465 g/mol. The summed E-state index contributed by atoms with van der Waals surface area (Å²) in [6, 6.07) is 8.18. The molecule has 10 heteroatoms. The van der Waals surface area contributed by atoms with Crippen molar-refractivity contribution in [2.45, 2.75) is 70.0 Å². The van der Waals surface area contributed by atoms with Gasteiger partial charge in [-0.05, 0) is 56.0 Å². The second kappa shape index (κ2) is 11.3. The van der Waals surface area contributed by atoms with Crippen LogP contribution in [-0.2, 0) is 28.9 Å². The number of hydrogen-bond acceptors (Lipinski definition) is 6. The third-order valence-electron chi connectivity index (χ3n) is 7.32. The first-order valence-corrected chi connectivity index (χ1v) is 15.7. The number of anilines is 1. The van der Waals surface area contributed by atoms with Crippen molar-refractivity contribution >= 4 is 20.0 Å². The fraction of sp³-hybridized carbons (Fsp3) is 0.640. The summed E-state index contributed by atoms with van der Waals surface area (Å²) >= 11 is 0. The average Bonchev–Trinajstić information content (AvgIpc) is 3.40. The Kier molecular flexibility index (Phi) is 8.36. The van der Waals surface area contributed by atoms with Crippen LogP contribution in [0.1, 0.15) is 31.0 Å². The summed E-state index contributed by atoms with van der Waals surface area (Å²) in [5.74, 6) is 0.239. The summed E-state index contributed by atoms with van der Waals surface area (Å²) in [6.07, 6.45) is 4.51. The summed E-state index contributed by atoms with van der Waals surface area (Å²) in [5.41, 5.74) is 2.79. The molecule has 2 saturated heterocycles. The first kappa shape index (κ1) is 25.9. The number of ether oxygens (including phenoxy) is 1. The summed E-state index contributed by atoms with van der Waals surface area (Å²) in [7, 11) is -2.94. The van der Waals surface area contributed by atoms with Gasteiger partial charge in [0.25, 0.3) is 0 Å². The first-order chi connectivity index (χ1) is 16.8. The summed E-state index contributed by atoms with van der Waals surface area (Å²) in [5, 5.41) is 20.4. The van der Waals surface area contributed by atoms with Crippen LogP contribution in [0.4, 0.5) is 9.80 Å². The number of carbonyl (C=O) groups excluding carboxylic acids is 1. The Morgan fingerprint density at radius 2 is 2.09 bits per heavy atom. The van der Waals surface area contributed by atoms with Crippen molar-refractivity contribution in [1.82, 2.24) is 20.3 Å². The van der Waals surface area contributed by atoms with Crippen LogP contribution in [0.2, 0.25) is 18.6 Å². The summed E-state index contributed by atoms with van der Waals surface area (Å²) in [6.45, 7) is 8.22. The molecular formula is C25H38FN5O3Si. The summed E-state index contributed by atoms with van der Waals surface area (Å²) < 4.78 is 23.7. The lowest BCUT2D eigenvalue weighted by molar-refractivity contribution is -0.118. The quantitative estimate of drug-likeness (QED) is 0.383. The van der Waals surface area contributed by atoms with Crippen LogP contribution in [0.15, 0.2) is 30.5 Å². The zero-order valence-corrected chi connectivity index (χ0v) is 22.0. The molecule has 8 nitrogen and oxygen atoms in total. The van der Waals surface area contributed by atoms with Crippen molar-refractivity contribution in [3.05, 3.63) is 41.7 Å². The molecule has 3 heterocycles. The Bertz CT molecular complexity index is 997. The minimum Gasteiger partial charge on any atom is -0.396 e. The van der Waals surface area contributed by atoms with Gasteiger partial charge >= 0.3 is 0 Å². The van der Waals surface area contributed by atoms with Gasteiger partial charge in [0.2, 0.25) is 14.3 Å². The number of piperazine rings is 1. The van der Waals surface area contributed by atoms with Crippen LogP contribution < -0.4 is 10.2 Å². The monoisotopic (exact) mass is 503 g/mol. The van der Waals surface area contributed by atoms with Crippen LogP contribution in [0.25, 0.3) is 0 Å². The molecule has 2 aliphatic rings. The number of aliphatic hydroxyl groups excluding tert-OH is 1. The van der Waals surface area contributed by atoms with Gasteiger partial charge in [0.15, 0.2) is 0 Å². The van der Waals surface area contributed by atoms with Gasteiger partial charge in [0.05, 0.1) is 24.4 Å². The third kappa shape index (κ3) is 6.35. The smallest absolute Gasteiger partial charge is 0.246 e. The Morgan fingerprint density at radius 1 is 1.26 bits per heavy atom. The number of carbonyl (C=O) groups is 1. The molecule has 2 aliphatic heterocycles. The van der Waals surface area contributed by atoms with E-state index >= 15 is 4.11 Å². The molecule has 0 aliphatic carbocycles. The van der Waals surface area contributed by atoms with Gasteiger partial charge in [-0.25, -0.2) is 0 Å². The van der Waals surface area contributed by atoms with E-state index < -0.39 is 8.41 Å². The third-order valence-corrected chi connectivity index (χ3v) is 9.80. The standard InChI is InChI=1S/C25H38FN5O3Si/c1-18-22(8-7-19-5-4-6-21(15-19)31-13-11-27-16-24(31)33)34-23(25(18)35(2,3)26)9-12-30-17-20(10-14-32)28-29-30/h4-6,15,17-18,22-23,25,27,32H,7-14,16H2,1-3H3/t18-,22+,23-,25+/m1/s1. The number of rotatable bonds is 10. The molecule has 1 aromatic carbocycles. The van der Waals surface area contributed by atoms with Crippen LogP contribution in [0, 0.1) is 5.92 Å². The number of benzene rings is 1. The maximum absolute atomic E-state index is 15.4. The van der Waals surface area contributed by atoms with Crippen molar-refractivity contribution in [2.24, 2.45) is 5.92 Å². The number of amides is 1. The topological polar surface area (TPSA) is 92.5 Å². The molecule has 0 unspecified atom stereocenters. The largest absolute Gasteiger partial charge is 0.396 e. The Balaban J connectivity index is 1.38. The van der Waals surface area contributed by atoms with Crippen molar-refractivity contribution in [3.63, 3.8) is 0 Å². The van der Waals surface area contributed by atoms with E-state index in [1.807, 2.05) is 23.2 Å². The van der Waals surface area contributed by atoms with Gasteiger partial charge in [0.1, 0.15) is 0 Å². The normalized spacial score (nSPS) is 25.4. The minimum atomic E-state index is -2.94. The molecule has 192 valence electrons. The molecule has 2 aromatic rings. The average molecular weight is 504 g/mol. The van der Waals surface area contributed by atoms with Gasteiger partial charge in [-0.3, -0.25) is 9.48 Å². The van der Waals surface area contributed by atoms with Gasteiger partial charge in [-0.1, -0.05) is 24.3 Å². The number of aryl methyl sites for hydroxylation is 2. The predicted molar refractivity (Wildman–Crippen MR) is 136 cm³/mol. The zero-order valence-electron chi connectivity index (χ0n) is 21.0. The number of hydrogen-bond donors (Lipinski definition) is 2. The maximum Gasteiger partial charge on any atom is 0.246 e. The van der Waals surface area contributed by atoms with Gasteiger partial charge < -0.3 is 24.2 Å². The molecule has 0 bridgehead atoms. The molecule has 1 aromatic heterocycles. The van der Waals surface area contributed by atoms with Crippen molar-refractivity contribution < 1.29 is 18.7 Å². The number of nitrogens with one attached hydrogen (secondary N) is 1. The molecule has 4 rings (SSSR count). The number of aromatic nitrogens is 3. The molecule has 0 spiro atoms. The Hall–Kier alpha value is -2.14. The number of aliphatic hydroxyl groups is 1. The van der Waals surface area contributed by atoms with Gasteiger partial charge in [0, 0.05) is 50.1 Å². The lowest BCUT2D eigenvalue weighted by atomic mass is 9.95. The number of halogens is 1. The van der Waals surface area contributed by atoms with E-state index in [-0.39, 0.29) is 36.2 Å². The van der Waals surface area contributed by atoms with E-state index in [4.69, 9.17) is 9.84 Å². The molecule has 0 radical (unpaired) electrons. The van der Waals surface area contributed by atoms with Gasteiger partial charge in [-0.15, -0.1) is 5.10 Å².